The van der Waals surface area contributed by atoms with Crippen LogP contribution in [0.25, 0.3) is 11.3 Å². The van der Waals surface area contributed by atoms with Crippen molar-refractivity contribution in [2.24, 2.45) is 7.05 Å². The molecule has 1 saturated heterocycles. The second-order valence-corrected chi connectivity index (χ2v) is 5.59. The standard InChI is InChI=1S/C13H17BrN4/c1-18-13(10-4-7-16-8-10)11(14)12(17-18)9-2-5-15-6-3-9/h4,7-9,15-16H,2-3,5-6H2,1H3. The molecule has 96 valence electrons. The van der Waals surface area contributed by atoms with Crippen LogP contribution >= 0.6 is 15.9 Å². The first-order valence-corrected chi connectivity index (χ1v) is 7.13. The van der Waals surface area contributed by atoms with Crippen LogP contribution in [0.5, 0.6) is 0 Å². The van der Waals surface area contributed by atoms with Crippen molar-refractivity contribution in [2.45, 2.75) is 18.8 Å². The molecule has 0 bridgehead atoms. The van der Waals surface area contributed by atoms with Gasteiger partial charge in [-0.2, -0.15) is 5.10 Å². The maximum atomic E-state index is 4.72. The molecular formula is C13H17BrN4. The number of piperidine rings is 1. The highest BCUT2D eigenvalue weighted by atomic mass is 79.9. The lowest BCUT2D eigenvalue weighted by Crippen LogP contribution is -2.27. The fourth-order valence-electron chi connectivity index (χ4n) is 2.66. The molecule has 3 heterocycles. The quantitative estimate of drug-likeness (QED) is 0.896. The zero-order valence-corrected chi connectivity index (χ0v) is 12.0. The third-order valence-corrected chi connectivity index (χ3v) is 4.39. The van der Waals surface area contributed by atoms with E-state index in [0.717, 1.165) is 23.3 Å². The third kappa shape index (κ3) is 2.01. The van der Waals surface area contributed by atoms with Gasteiger partial charge < -0.3 is 10.3 Å². The van der Waals surface area contributed by atoms with Crippen LogP contribution in [0.1, 0.15) is 24.5 Å². The zero-order chi connectivity index (χ0) is 12.5. The molecule has 0 aliphatic carbocycles. The Morgan fingerprint density at radius 3 is 2.83 bits per heavy atom. The summed E-state index contributed by atoms with van der Waals surface area (Å²) in [4.78, 5) is 3.10. The van der Waals surface area contributed by atoms with E-state index in [1.807, 2.05) is 24.1 Å². The molecule has 1 aliphatic heterocycles. The summed E-state index contributed by atoms with van der Waals surface area (Å²) in [6.45, 7) is 2.18. The highest BCUT2D eigenvalue weighted by molar-refractivity contribution is 9.10. The number of hydrogen-bond acceptors (Lipinski definition) is 2. The van der Waals surface area contributed by atoms with Crippen molar-refractivity contribution in [1.82, 2.24) is 20.1 Å². The summed E-state index contributed by atoms with van der Waals surface area (Å²) in [5, 5.41) is 8.12. The van der Waals surface area contributed by atoms with E-state index in [1.165, 1.54) is 24.1 Å². The number of halogens is 1. The van der Waals surface area contributed by atoms with E-state index in [0.29, 0.717) is 5.92 Å². The lowest BCUT2D eigenvalue weighted by Gasteiger charge is -2.21. The van der Waals surface area contributed by atoms with Crippen LogP contribution in [0.15, 0.2) is 22.9 Å². The summed E-state index contributed by atoms with van der Waals surface area (Å²) in [6, 6.07) is 2.08. The maximum Gasteiger partial charge on any atom is 0.0839 e. The Kier molecular flexibility index (Phi) is 3.26. The van der Waals surface area contributed by atoms with Gasteiger partial charge in [-0.15, -0.1) is 0 Å². The van der Waals surface area contributed by atoms with Gasteiger partial charge in [0.15, 0.2) is 0 Å². The summed E-state index contributed by atoms with van der Waals surface area (Å²) >= 11 is 3.74. The second-order valence-electron chi connectivity index (χ2n) is 4.80. The van der Waals surface area contributed by atoms with Crippen LogP contribution in [-0.4, -0.2) is 27.9 Å². The van der Waals surface area contributed by atoms with Crippen molar-refractivity contribution < 1.29 is 0 Å². The Bertz CT molecular complexity index is 523. The SMILES string of the molecule is Cn1nc(C2CCNCC2)c(Br)c1-c1cc[nH]c1. The summed E-state index contributed by atoms with van der Waals surface area (Å²) in [7, 11) is 2.01. The van der Waals surface area contributed by atoms with Crippen LogP contribution in [0, 0.1) is 0 Å². The number of nitrogens with zero attached hydrogens (tertiary/aromatic N) is 2. The molecule has 1 fully saturated rings. The first-order valence-electron chi connectivity index (χ1n) is 6.33. The summed E-state index contributed by atoms with van der Waals surface area (Å²) in [6.07, 6.45) is 6.29. The molecule has 2 aromatic heterocycles. The van der Waals surface area contributed by atoms with Gasteiger partial charge in [-0.1, -0.05) is 0 Å². The Balaban J connectivity index is 2.00. The minimum atomic E-state index is 0.569. The maximum absolute atomic E-state index is 4.72. The van der Waals surface area contributed by atoms with Crippen LogP contribution in [-0.2, 0) is 7.05 Å². The van der Waals surface area contributed by atoms with Gasteiger partial charge in [0.2, 0.25) is 0 Å². The number of nitrogens with one attached hydrogen (secondary N) is 2. The molecule has 0 amide bonds. The predicted octanol–water partition coefficient (Wildman–Crippen LogP) is 2.64. The molecule has 18 heavy (non-hydrogen) atoms. The molecule has 0 radical (unpaired) electrons. The number of aryl methyl sites for hydroxylation is 1. The van der Waals surface area contributed by atoms with Gasteiger partial charge in [-0.25, -0.2) is 0 Å². The van der Waals surface area contributed by atoms with E-state index in [2.05, 4.69) is 32.3 Å². The van der Waals surface area contributed by atoms with Crippen molar-refractivity contribution in [3.63, 3.8) is 0 Å². The fraction of sp³-hybridized carbons (Fsp3) is 0.462. The molecule has 0 unspecified atom stereocenters. The Morgan fingerprint density at radius 1 is 1.39 bits per heavy atom. The molecule has 5 heteroatoms. The van der Waals surface area contributed by atoms with Gasteiger partial charge in [0.1, 0.15) is 0 Å². The molecule has 3 rings (SSSR count). The monoisotopic (exact) mass is 308 g/mol. The van der Waals surface area contributed by atoms with E-state index in [1.54, 1.807) is 0 Å². The van der Waals surface area contributed by atoms with E-state index in [-0.39, 0.29) is 0 Å². The average molecular weight is 309 g/mol. The lowest BCUT2D eigenvalue weighted by molar-refractivity contribution is 0.449. The smallest absolute Gasteiger partial charge is 0.0839 e. The fourth-order valence-corrected chi connectivity index (χ4v) is 3.55. The van der Waals surface area contributed by atoms with Gasteiger partial charge in [-0.3, -0.25) is 4.68 Å². The highest BCUT2D eigenvalue weighted by Crippen LogP contribution is 2.36. The van der Waals surface area contributed by atoms with Crippen LogP contribution in [0.4, 0.5) is 0 Å². The molecule has 0 spiro atoms. The van der Waals surface area contributed by atoms with Crippen molar-refractivity contribution in [1.29, 1.82) is 0 Å². The molecule has 2 N–H and O–H groups in total. The van der Waals surface area contributed by atoms with Gasteiger partial charge >= 0.3 is 0 Å². The third-order valence-electron chi connectivity index (χ3n) is 3.61. The zero-order valence-electron chi connectivity index (χ0n) is 10.4. The Labute approximate surface area is 115 Å². The number of H-pyrrole nitrogens is 1. The predicted molar refractivity (Wildman–Crippen MR) is 75.5 cm³/mol. The summed E-state index contributed by atoms with van der Waals surface area (Å²) in [5.74, 6) is 0.569. The average Bonchev–Trinajstić information content (AvgIpc) is 2.99. The lowest BCUT2D eigenvalue weighted by atomic mass is 9.94. The Hall–Kier alpha value is -1.07. The molecule has 0 aromatic carbocycles. The van der Waals surface area contributed by atoms with E-state index < -0.39 is 0 Å². The summed E-state index contributed by atoms with van der Waals surface area (Å²) < 4.78 is 3.13. The number of hydrogen-bond donors (Lipinski definition) is 2. The largest absolute Gasteiger partial charge is 0.367 e. The highest BCUT2D eigenvalue weighted by Gasteiger charge is 2.24. The molecular weight excluding hydrogens is 292 g/mol. The van der Waals surface area contributed by atoms with E-state index in [4.69, 9.17) is 5.10 Å². The van der Waals surface area contributed by atoms with Crippen molar-refractivity contribution in [3.8, 4) is 11.3 Å². The van der Waals surface area contributed by atoms with Crippen molar-refractivity contribution in [2.75, 3.05) is 13.1 Å². The molecule has 0 saturated carbocycles. The van der Waals surface area contributed by atoms with Crippen LogP contribution < -0.4 is 5.32 Å². The van der Waals surface area contributed by atoms with Gasteiger partial charge in [0.05, 0.1) is 15.9 Å². The molecule has 2 aromatic rings. The van der Waals surface area contributed by atoms with Gasteiger partial charge in [0.25, 0.3) is 0 Å². The van der Waals surface area contributed by atoms with Gasteiger partial charge in [-0.05, 0) is 47.9 Å². The van der Waals surface area contributed by atoms with Gasteiger partial charge in [0, 0.05) is 30.9 Å². The summed E-state index contributed by atoms with van der Waals surface area (Å²) in [5.41, 5.74) is 3.54. The van der Waals surface area contributed by atoms with Crippen molar-refractivity contribution in [3.05, 3.63) is 28.6 Å². The number of aromatic amines is 1. The molecule has 1 aliphatic rings. The Morgan fingerprint density at radius 2 is 2.17 bits per heavy atom. The number of aromatic nitrogens is 3. The first kappa shape index (κ1) is 12.0. The van der Waals surface area contributed by atoms with Crippen molar-refractivity contribution >= 4 is 15.9 Å². The minimum Gasteiger partial charge on any atom is -0.367 e. The van der Waals surface area contributed by atoms with E-state index in [9.17, 15) is 0 Å². The van der Waals surface area contributed by atoms with Crippen LogP contribution in [0.2, 0.25) is 0 Å². The first-order chi connectivity index (χ1) is 8.77. The second kappa shape index (κ2) is 4.90. The van der Waals surface area contributed by atoms with Crippen LogP contribution in [0.3, 0.4) is 0 Å². The van der Waals surface area contributed by atoms with E-state index >= 15 is 0 Å². The molecule has 0 atom stereocenters. The minimum absolute atomic E-state index is 0.569. The molecule has 4 nitrogen and oxygen atoms in total. The topological polar surface area (TPSA) is 45.6 Å². The number of rotatable bonds is 2. The normalized spacial score (nSPS) is 17.2.